The van der Waals surface area contributed by atoms with Crippen molar-refractivity contribution in [3.05, 3.63) is 46.8 Å². The molecule has 0 aliphatic carbocycles. The Kier molecular flexibility index (Phi) is 2.78. The summed E-state index contributed by atoms with van der Waals surface area (Å²) in [5.41, 5.74) is 4.98. The van der Waals surface area contributed by atoms with Gasteiger partial charge < -0.3 is 10.5 Å². The molecule has 0 fully saturated rings. The van der Waals surface area contributed by atoms with Gasteiger partial charge in [0.05, 0.1) is 19.0 Å². The number of rotatable bonds is 2. The highest BCUT2D eigenvalue weighted by molar-refractivity contribution is 5.39. The van der Waals surface area contributed by atoms with Crippen molar-refractivity contribution >= 4 is 5.69 Å². The summed E-state index contributed by atoms with van der Waals surface area (Å²) in [5, 5.41) is 0. The number of ether oxygens (including phenoxy) is 1. The quantitative estimate of drug-likeness (QED) is 0.841. The van der Waals surface area contributed by atoms with E-state index < -0.39 is 11.4 Å². The van der Waals surface area contributed by atoms with Crippen LogP contribution < -0.4 is 16.0 Å². The van der Waals surface area contributed by atoms with Crippen LogP contribution in [0.3, 0.4) is 0 Å². The molecule has 0 unspecified atom stereocenters. The zero-order chi connectivity index (χ0) is 12.4. The maximum absolute atomic E-state index is 13.7. The molecule has 0 aliphatic heterocycles. The Bertz CT molecular complexity index is 610. The molecule has 2 aromatic heterocycles. The van der Waals surface area contributed by atoms with Crippen LogP contribution in [-0.2, 0) is 0 Å². The number of anilines is 1. The molecule has 0 atom stereocenters. The van der Waals surface area contributed by atoms with Crippen molar-refractivity contribution in [2.45, 2.75) is 0 Å². The number of nitrogens with zero attached hydrogens (tertiary/aromatic N) is 2. The summed E-state index contributed by atoms with van der Waals surface area (Å²) in [6.07, 6.45) is 2.73. The minimum atomic E-state index is -0.656. The second-order valence-electron chi connectivity index (χ2n) is 3.32. The van der Waals surface area contributed by atoms with E-state index in [-0.39, 0.29) is 17.3 Å². The number of pyridine rings is 2. The van der Waals surface area contributed by atoms with Crippen LogP contribution in [-0.4, -0.2) is 16.7 Å². The molecule has 0 saturated carbocycles. The highest BCUT2D eigenvalue weighted by Gasteiger charge is 2.10. The van der Waals surface area contributed by atoms with Gasteiger partial charge in [-0.1, -0.05) is 0 Å². The lowest BCUT2D eigenvalue weighted by Gasteiger charge is -2.07. The second kappa shape index (κ2) is 4.25. The largest absolute Gasteiger partial charge is 0.495 e. The molecular weight excluding hydrogens is 225 g/mol. The number of hydrogen-bond acceptors (Lipinski definition) is 4. The lowest BCUT2D eigenvalue weighted by atomic mass is 10.3. The fourth-order valence-electron chi connectivity index (χ4n) is 1.38. The number of hydrogen-bond donors (Lipinski definition) is 1. The van der Waals surface area contributed by atoms with Crippen molar-refractivity contribution in [3.63, 3.8) is 0 Å². The summed E-state index contributed by atoms with van der Waals surface area (Å²) < 4.78 is 19.6. The van der Waals surface area contributed by atoms with E-state index in [0.29, 0.717) is 0 Å². The lowest BCUT2D eigenvalue weighted by molar-refractivity contribution is 0.408. The molecule has 88 valence electrons. The minimum absolute atomic E-state index is 0.0320. The summed E-state index contributed by atoms with van der Waals surface area (Å²) >= 11 is 0. The zero-order valence-electron chi connectivity index (χ0n) is 9.05. The molecule has 2 aromatic rings. The van der Waals surface area contributed by atoms with E-state index in [1.54, 1.807) is 6.07 Å². The molecule has 0 radical (unpaired) electrons. The van der Waals surface area contributed by atoms with Gasteiger partial charge in [-0.15, -0.1) is 0 Å². The van der Waals surface area contributed by atoms with Crippen molar-refractivity contribution in [1.82, 2.24) is 9.55 Å². The molecule has 2 N–H and O–H groups in total. The zero-order valence-corrected chi connectivity index (χ0v) is 9.05. The number of aromatic nitrogens is 2. The van der Waals surface area contributed by atoms with Crippen LogP contribution >= 0.6 is 0 Å². The van der Waals surface area contributed by atoms with Crippen LogP contribution in [0.25, 0.3) is 5.82 Å². The van der Waals surface area contributed by atoms with Crippen LogP contribution in [0.2, 0.25) is 0 Å². The maximum atomic E-state index is 13.7. The van der Waals surface area contributed by atoms with Gasteiger partial charge in [0.2, 0.25) is 0 Å². The van der Waals surface area contributed by atoms with Crippen molar-refractivity contribution < 1.29 is 9.13 Å². The molecular formula is C11H10FN3O2. The monoisotopic (exact) mass is 235 g/mol. The van der Waals surface area contributed by atoms with E-state index in [9.17, 15) is 9.18 Å². The summed E-state index contributed by atoms with van der Waals surface area (Å²) in [6, 6.07) is 4.14. The van der Waals surface area contributed by atoms with Gasteiger partial charge in [0.1, 0.15) is 5.75 Å². The number of nitrogens with two attached hydrogens (primary N) is 1. The summed E-state index contributed by atoms with van der Waals surface area (Å²) in [6.45, 7) is 0. The maximum Gasteiger partial charge on any atom is 0.279 e. The Labute approximate surface area is 96.3 Å². The first kappa shape index (κ1) is 11.1. The molecule has 2 rings (SSSR count). The summed E-state index contributed by atoms with van der Waals surface area (Å²) in [5.74, 6) is -0.483. The van der Waals surface area contributed by atoms with Crippen molar-refractivity contribution in [1.29, 1.82) is 0 Å². The van der Waals surface area contributed by atoms with E-state index >= 15 is 0 Å². The first-order valence-electron chi connectivity index (χ1n) is 4.80. The van der Waals surface area contributed by atoms with E-state index in [1.165, 1.54) is 25.6 Å². The second-order valence-corrected chi connectivity index (χ2v) is 3.32. The van der Waals surface area contributed by atoms with Crippen LogP contribution in [0.4, 0.5) is 10.1 Å². The fourth-order valence-corrected chi connectivity index (χ4v) is 1.38. The molecule has 5 nitrogen and oxygen atoms in total. The van der Waals surface area contributed by atoms with Crippen LogP contribution in [0.1, 0.15) is 0 Å². The first-order chi connectivity index (χ1) is 8.13. The average Bonchev–Trinajstić information content (AvgIpc) is 2.33. The Morgan fingerprint density at radius 3 is 2.94 bits per heavy atom. The van der Waals surface area contributed by atoms with E-state index in [2.05, 4.69) is 4.98 Å². The predicted molar refractivity (Wildman–Crippen MR) is 60.8 cm³/mol. The van der Waals surface area contributed by atoms with Crippen LogP contribution in [0.15, 0.2) is 35.4 Å². The fraction of sp³-hybridized carbons (Fsp3) is 0.0909. The Hall–Kier alpha value is -2.37. The van der Waals surface area contributed by atoms with Gasteiger partial charge in [-0.2, -0.15) is 0 Å². The molecule has 0 aromatic carbocycles. The normalized spacial score (nSPS) is 10.2. The van der Waals surface area contributed by atoms with Crippen molar-refractivity contribution in [3.8, 4) is 11.6 Å². The average molecular weight is 235 g/mol. The van der Waals surface area contributed by atoms with E-state index in [0.717, 1.165) is 10.6 Å². The number of halogens is 1. The third-order valence-corrected chi connectivity index (χ3v) is 2.24. The summed E-state index contributed by atoms with van der Waals surface area (Å²) in [7, 11) is 1.41. The Morgan fingerprint density at radius 2 is 2.29 bits per heavy atom. The van der Waals surface area contributed by atoms with Crippen molar-refractivity contribution in [2.24, 2.45) is 0 Å². The Balaban J connectivity index is 2.61. The third-order valence-electron chi connectivity index (χ3n) is 2.24. The molecule has 0 aliphatic rings. The van der Waals surface area contributed by atoms with E-state index in [1.807, 2.05) is 0 Å². The van der Waals surface area contributed by atoms with Gasteiger partial charge >= 0.3 is 0 Å². The van der Waals surface area contributed by atoms with Gasteiger partial charge in [0.25, 0.3) is 5.56 Å². The minimum Gasteiger partial charge on any atom is -0.495 e. The van der Waals surface area contributed by atoms with E-state index in [4.69, 9.17) is 10.5 Å². The van der Waals surface area contributed by atoms with Gasteiger partial charge in [0, 0.05) is 12.3 Å². The smallest absolute Gasteiger partial charge is 0.279 e. The highest BCUT2D eigenvalue weighted by Crippen LogP contribution is 2.15. The molecule has 17 heavy (non-hydrogen) atoms. The molecule has 0 spiro atoms. The van der Waals surface area contributed by atoms with Gasteiger partial charge in [-0.05, 0) is 12.1 Å². The topological polar surface area (TPSA) is 70.1 Å². The molecule has 0 saturated heterocycles. The van der Waals surface area contributed by atoms with Gasteiger partial charge in [-0.25, -0.2) is 9.37 Å². The summed E-state index contributed by atoms with van der Waals surface area (Å²) in [4.78, 5) is 15.5. The van der Waals surface area contributed by atoms with Crippen LogP contribution in [0, 0.1) is 5.82 Å². The molecule has 2 heterocycles. The first-order valence-corrected chi connectivity index (χ1v) is 4.80. The third kappa shape index (κ3) is 1.96. The SMILES string of the molecule is COc1cnc(-n2cccc(N)c2=O)c(F)c1. The Morgan fingerprint density at radius 1 is 1.53 bits per heavy atom. The van der Waals surface area contributed by atoms with Gasteiger partial charge in [-0.3, -0.25) is 9.36 Å². The number of methoxy groups -OCH3 is 1. The standard InChI is InChI=1S/C11H10FN3O2/c1-17-7-5-8(12)10(14-6-7)15-4-2-3-9(13)11(15)16/h2-6H,13H2,1H3. The lowest BCUT2D eigenvalue weighted by Crippen LogP contribution is -2.22. The van der Waals surface area contributed by atoms with Gasteiger partial charge in [0.15, 0.2) is 11.6 Å². The van der Waals surface area contributed by atoms with Crippen LogP contribution in [0.5, 0.6) is 5.75 Å². The number of nitrogen functional groups attached to an aromatic ring is 1. The molecule has 6 heteroatoms. The molecule has 0 bridgehead atoms. The predicted octanol–water partition coefficient (Wildman–Crippen LogP) is 0.962. The molecule has 0 amide bonds. The van der Waals surface area contributed by atoms with Crippen molar-refractivity contribution in [2.75, 3.05) is 12.8 Å². The highest BCUT2D eigenvalue weighted by atomic mass is 19.1.